The summed E-state index contributed by atoms with van der Waals surface area (Å²) < 4.78 is 15.8. The van der Waals surface area contributed by atoms with Gasteiger partial charge < -0.3 is 51.4 Å². The Morgan fingerprint density at radius 1 is 0.507 bits per heavy atom. The molecule has 0 aromatic carbocycles. The van der Waals surface area contributed by atoms with E-state index in [9.17, 15) is 47.9 Å². The number of carbonyl (C=O) groups excluding carboxylic acids is 10. The lowest BCUT2D eigenvalue weighted by Gasteiger charge is -2.29. The second-order valence-corrected chi connectivity index (χ2v) is 21.8. The van der Waals surface area contributed by atoms with Gasteiger partial charge in [0.1, 0.15) is 48.4 Å². The van der Waals surface area contributed by atoms with Gasteiger partial charge in [0.05, 0.1) is 27.1 Å². The monoisotopic (exact) mass is 1040 g/mol. The van der Waals surface area contributed by atoms with Crippen LogP contribution in [0.4, 0.5) is 0 Å². The van der Waals surface area contributed by atoms with E-state index in [1.165, 1.54) is 7.11 Å². The summed E-state index contributed by atoms with van der Waals surface area (Å²) in [6.07, 6.45) is 3.57. The van der Waals surface area contributed by atoms with Crippen LogP contribution in [-0.2, 0) is 62.2 Å². The lowest BCUT2D eigenvalue weighted by Crippen LogP contribution is -2.61. The smallest absolute Gasteiger partial charge is 0.328 e. The van der Waals surface area contributed by atoms with Gasteiger partial charge in [-0.25, -0.2) is 4.79 Å². The minimum atomic E-state index is -1.59. The third-order valence-electron chi connectivity index (χ3n) is 12.7. The number of cyclic esters (lactones) is 1. The van der Waals surface area contributed by atoms with Crippen LogP contribution in [0, 0.1) is 35.5 Å². The Morgan fingerprint density at radius 2 is 0.932 bits per heavy atom. The predicted octanol–water partition coefficient (Wildman–Crippen LogP) is 4.44. The first kappa shape index (κ1) is 65.7. The number of unbranched alkanes of at least 4 members (excludes halogenated alkanes) is 3. The van der Waals surface area contributed by atoms with E-state index in [2.05, 4.69) is 51.1 Å². The second kappa shape index (κ2) is 34.2. The van der Waals surface area contributed by atoms with Crippen molar-refractivity contribution in [3.05, 3.63) is 0 Å². The molecular formula is C53H93N7O13. The van der Waals surface area contributed by atoms with E-state index in [0.717, 1.165) is 39.2 Å². The highest BCUT2D eigenvalue weighted by atomic mass is 16.5. The molecule has 9 atom stereocenters. The topological polar surface area (TPSA) is 283 Å². The van der Waals surface area contributed by atoms with Crippen molar-refractivity contribution in [1.82, 2.24) is 37.2 Å². The Morgan fingerprint density at radius 3 is 1.40 bits per heavy atom. The quantitative estimate of drug-likeness (QED) is 0.0449. The molecule has 7 N–H and O–H groups in total. The number of esters is 3. The van der Waals surface area contributed by atoms with Crippen LogP contribution in [0.5, 0.6) is 0 Å². The zero-order chi connectivity index (χ0) is 55.5. The molecule has 7 amide bonds. The maximum atomic E-state index is 14.3. The SMILES string of the molecule is CCC(C)CCCCCCC1CC(=O)NC(CCC(=O)OC)C(=O)NC(CC(C)C)C(=O)NC(CC(C)C)C(=O)NC(C(C)C)C(=O)NC(CC(=O)OC)C(=O)NC(CC(C)C)C(=O)NC(CC(C)C)C(=O)O1. The van der Waals surface area contributed by atoms with Gasteiger partial charge in [0, 0.05) is 6.42 Å². The molecule has 0 aromatic heterocycles. The molecule has 0 aromatic rings. The lowest BCUT2D eigenvalue weighted by molar-refractivity contribution is -0.155. The van der Waals surface area contributed by atoms with E-state index in [-0.39, 0.29) is 75.0 Å². The first-order valence-electron chi connectivity index (χ1n) is 26.7. The van der Waals surface area contributed by atoms with Crippen molar-refractivity contribution >= 4 is 59.3 Å². The molecule has 20 nitrogen and oxygen atoms in total. The van der Waals surface area contributed by atoms with Crippen molar-refractivity contribution in [2.45, 2.75) is 228 Å². The molecule has 1 heterocycles. The average Bonchev–Trinajstić information content (AvgIpc) is 3.30. The zero-order valence-electron chi connectivity index (χ0n) is 46.5. The predicted molar refractivity (Wildman–Crippen MR) is 276 cm³/mol. The number of methoxy groups -OCH3 is 2. The third-order valence-corrected chi connectivity index (χ3v) is 12.7. The van der Waals surface area contributed by atoms with Gasteiger partial charge >= 0.3 is 17.9 Å². The Kier molecular flexibility index (Phi) is 30.8. The van der Waals surface area contributed by atoms with Crippen LogP contribution in [0.2, 0.25) is 0 Å². The van der Waals surface area contributed by atoms with E-state index in [0.29, 0.717) is 12.3 Å². The van der Waals surface area contributed by atoms with E-state index in [1.54, 1.807) is 13.8 Å². The third kappa shape index (κ3) is 26.5. The molecular weight excluding hydrogens is 943 g/mol. The van der Waals surface area contributed by atoms with Gasteiger partial charge in [-0.1, -0.05) is 115 Å². The summed E-state index contributed by atoms with van der Waals surface area (Å²) in [7, 11) is 2.30. The van der Waals surface area contributed by atoms with Crippen LogP contribution >= 0.6 is 0 Å². The largest absolute Gasteiger partial charge is 0.469 e. The molecule has 0 radical (unpaired) electrons. The highest BCUT2D eigenvalue weighted by Crippen LogP contribution is 2.19. The fraction of sp³-hybridized carbons (Fsp3) is 0.811. The highest BCUT2D eigenvalue weighted by Gasteiger charge is 2.37. The van der Waals surface area contributed by atoms with Crippen molar-refractivity contribution in [2.24, 2.45) is 35.5 Å². The molecule has 0 saturated carbocycles. The maximum absolute atomic E-state index is 14.3. The minimum absolute atomic E-state index is 0.0795. The maximum Gasteiger partial charge on any atom is 0.328 e. The van der Waals surface area contributed by atoms with E-state index < -0.39 is 120 Å². The van der Waals surface area contributed by atoms with Gasteiger partial charge in [0.15, 0.2) is 0 Å². The van der Waals surface area contributed by atoms with Gasteiger partial charge in [-0.15, -0.1) is 0 Å². The van der Waals surface area contributed by atoms with Gasteiger partial charge in [-0.2, -0.15) is 0 Å². The minimum Gasteiger partial charge on any atom is -0.469 e. The Balaban J connectivity index is 4.06. The average molecular weight is 1040 g/mol. The molecule has 1 aliphatic heterocycles. The second-order valence-electron chi connectivity index (χ2n) is 21.8. The summed E-state index contributed by atoms with van der Waals surface area (Å²) in [6.45, 7) is 22.3. The van der Waals surface area contributed by atoms with E-state index in [4.69, 9.17) is 14.2 Å². The van der Waals surface area contributed by atoms with Crippen LogP contribution in [0.25, 0.3) is 0 Å². The van der Waals surface area contributed by atoms with Crippen LogP contribution in [0.1, 0.15) is 179 Å². The van der Waals surface area contributed by atoms with Crippen LogP contribution in [-0.4, -0.2) is 122 Å². The number of nitrogens with one attached hydrogen (secondary N) is 7. The number of amides is 7. The summed E-state index contributed by atoms with van der Waals surface area (Å²) in [6, 6.07) is -9.21. The van der Waals surface area contributed by atoms with Crippen LogP contribution in [0.15, 0.2) is 0 Å². The Labute approximate surface area is 435 Å². The van der Waals surface area contributed by atoms with Gasteiger partial charge in [0.2, 0.25) is 41.4 Å². The highest BCUT2D eigenvalue weighted by molar-refractivity contribution is 5.98. The van der Waals surface area contributed by atoms with Crippen molar-refractivity contribution in [3.63, 3.8) is 0 Å². The van der Waals surface area contributed by atoms with E-state index in [1.807, 2.05) is 55.4 Å². The summed E-state index contributed by atoms with van der Waals surface area (Å²) in [5, 5.41) is 18.9. The molecule has 9 unspecified atom stereocenters. The van der Waals surface area contributed by atoms with Crippen LogP contribution < -0.4 is 37.2 Å². The molecule has 0 bridgehead atoms. The summed E-state index contributed by atoms with van der Waals surface area (Å²) in [5.74, 6) is -8.42. The van der Waals surface area contributed by atoms with Crippen molar-refractivity contribution < 1.29 is 62.2 Å². The summed E-state index contributed by atoms with van der Waals surface area (Å²) >= 11 is 0. The van der Waals surface area contributed by atoms with Crippen LogP contribution in [0.3, 0.4) is 0 Å². The van der Waals surface area contributed by atoms with Gasteiger partial charge in [-0.05, 0) is 80.5 Å². The van der Waals surface area contributed by atoms with E-state index >= 15 is 0 Å². The molecule has 418 valence electrons. The molecule has 0 aliphatic carbocycles. The number of hydrogen-bond acceptors (Lipinski definition) is 13. The molecule has 1 saturated heterocycles. The number of hydrogen-bond donors (Lipinski definition) is 7. The number of rotatable bonds is 22. The number of carbonyl (C=O) groups is 10. The lowest BCUT2D eigenvalue weighted by atomic mass is 9.98. The van der Waals surface area contributed by atoms with Crippen molar-refractivity contribution in [1.29, 1.82) is 0 Å². The first-order chi connectivity index (χ1) is 34.2. The normalized spacial score (nSPS) is 24.3. The van der Waals surface area contributed by atoms with Crippen molar-refractivity contribution in [3.8, 4) is 0 Å². The molecule has 20 heteroatoms. The molecule has 0 spiro atoms. The van der Waals surface area contributed by atoms with Gasteiger partial charge in [0.25, 0.3) is 0 Å². The van der Waals surface area contributed by atoms with Gasteiger partial charge in [-0.3, -0.25) is 43.2 Å². The molecule has 1 fully saturated rings. The Hall–Kier alpha value is -5.30. The first-order valence-corrected chi connectivity index (χ1v) is 26.7. The summed E-state index contributed by atoms with van der Waals surface area (Å²) in [4.78, 5) is 139. The fourth-order valence-electron chi connectivity index (χ4n) is 8.36. The summed E-state index contributed by atoms with van der Waals surface area (Å²) in [5.41, 5.74) is 0. The molecule has 1 rings (SSSR count). The zero-order valence-corrected chi connectivity index (χ0v) is 46.5. The molecule has 1 aliphatic rings. The fourth-order valence-corrected chi connectivity index (χ4v) is 8.36. The standard InChI is InChI=1S/C53H93N7O13/c1-15-35(12)20-18-16-17-19-21-36-28-43(61)54-37(22-23-44(62)71-13)47(64)55-38(24-30(2)3)48(65)57-40(26-32(6)7)51(68)60-46(34(10)11)52(69)58-41(29-45(63)72-14)50(67)56-39(25-31(4)5)49(66)59-42(27-33(8)9)53(70)73-36/h30-42,46H,15-29H2,1-14H3,(H,54,61)(H,55,64)(H,56,67)(H,57,65)(H,58,69)(H,59,66)(H,60,68). The molecule has 73 heavy (non-hydrogen) atoms. The Bertz CT molecular complexity index is 1810. The van der Waals surface area contributed by atoms with Crippen molar-refractivity contribution in [2.75, 3.05) is 14.2 Å². The number of ether oxygens (including phenoxy) is 3.